The molecule has 3 rings (SSSR count). The van der Waals surface area contributed by atoms with Crippen LogP contribution in [0.3, 0.4) is 0 Å². The van der Waals surface area contributed by atoms with Crippen molar-refractivity contribution in [1.82, 2.24) is 4.98 Å². The fraction of sp³-hybridized carbons (Fsp3) is 0.294. The van der Waals surface area contributed by atoms with Crippen molar-refractivity contribution >= 4 is 21.8 Å². The van der Waals surface area contributed by atoms with Gasteiger partial charge in [-0.25, -0.2) is 0 Å². The molecule has 1 aromatic heterocycles. The van der Waals surface area contributed by atoms with E-state index in [-0.39, 0.29) is 18.4 Å². The highest BCUT2D eigenvalue weighted by atomic mass is 79.9. The number of pyridine rings is 1. The first-order valence-electron chi connectivity index (χ1n) is 7.39. The number of aryl methyl sites for hydroxylation is 1. The van der Waals surface area contributed by atoms with Gasteiger partial charge in [-0.1, -0.05) is 15.9 Å². The normalized spacial score (nSPS) is 15.5. The van der Waals surface area contributed by atoms with Crippen molar-refractivity contribution in [1.29, 1.82) is 5.41 Å². The Morgan fingerprint density at radius 3 is 2.91 bits per heavy atom. The first-order valence-corrected chi connectivity index (χ1v) is 8.18. The van der Waals surface area contributed by atoms with Gasteiger partial charge >= 0.3 is 0 Å². The minimum absolute atomic E-state index is 0.0422. The highest BCUT2D eigenvalue weighted by Gasteiger charge is 2.27. The molecule has 0 bridgehead atoms. The number of aromatic nitrogens is 1. The minimum Gasteiger partial charge on any atom is -0.455 e. The molecule has 1 atom stereocenters. The zero-order valence-corrected chi connectivity index (χ0v) is 14.4. The summed E-state index contributed by atoms with van der Waals surface area (Å²) in [6, 6.07) is 8.08. The molecule has 6 heteroatoms. The molecule has 5 nitrogen and oxygen atoms in total. The molecule has 0 fully saturated rings. The van der Waals surface area contributed by atoms with Gasteiger partial charge in [0.1, 0.15) is 23.9 Å². The number of fused-ring (bicyclic) bond motifs is 2. The number of hydrogen-bond acceptors (Lipinski definition) is 4. The molecule has 2 aromatic rings. The van der Waals surface area contributed by atoms with Crippen molar-refractivity contribution in [3.05, 3.63) is 51.8 Å². The summed E-state index contributed by atoms with van der Waals surface area (Å²) in [5.41, 5.74) is 8.54. The van der Waals surface area contributed by atoms with Crippen LogP contribution in [0.2, 0.25) is 0 Å². The van der Waals surface area contributed by atoms with Gasteiger partial charge in [0.05, 0.1) is 6.20 Å². The van der Waals surface area contributed by atoms with Crippen molar-refractivity contribution < 1.29 is 9.47 Å². The van der Waals surface area contributed by atoms with Gasteiger partial charge in [-0.05, 0) is 37.6 Å². The lowest BCUT2D eigenvalue weighted by molar-refractivity contribution is 0.163. The summed E-state index contributed by atoms with van der Waals surface area (Å²) < 4.78 is 12.5. The molecule has 1 aliphatic rings. The van der Waals surface area contributed by atoms with Crippen LogP contribution < -0.4 is 10.5 Å². The largest absolute Gasteiger partial charge is 0.455 e. The summed E-state index contributed by atoms with van der Waals surface area (Å²) in [5.74, 6) is 1.85. The van der Waals surface area contributed by atoms with E-state index in [4.69, 9.17) is 20.6 Å². The molecule has 0 aliphatic carbocycles. The predicted molar refractivity (Wildman–Crippen MR) is 92.4 cm³/mol. The maximum absolute atomic E-state index is 7.23. The number of hydrogen-bond donors (Lipinski definition) is 2. The van der Waals surface area contributed by atoms with Gasteiger partial charge in [-0.2, -0.15) is 0 Å². The van der Waals surface area contributed by atoms with Crippen LogP contribution in [0.15, 0.2) is 34.9 Å². The van der Waals surface area contributed by atoms with E-state index in [0.717, 1.165) is 39.2 Å². The van der Waals surface area contributed by atoms with Crippen molar-refractivity contribution in [2.45, 2.75) is 19.3 Å². The highest BCUT2D eigenvalue weighted by molar-refractivity contribution is 9.10. The minimum atomic E-state index is 0.0422. The Kier molecular flexibility index (Phi) is 4.63. The summed E-state index contributed by atoms with van der Waals surface area (Å²) in [6.45, 7) is 2.66. The Morgan fingerprint density at radius 1 is 1.35 bits per heavy atom. The van der Waals surface area contributed by atoms with Crippen LogP contribution in [0.25, 0.3) is 0 Å². The number of benzene rings is 1. The molecular formula is C17H18BrN3O2. The Hall–Kier alpha value is -1.92. The second-order valence-corrected chi connectivity index (χ2v) is 6.48. The summed E-state index contributed by atoms with van der Waals surface area (Å²) >= 11 is 3.53. The van der Waals surface area contributed by atoms with E-state index in [1.54, 1.807) is 6.20 Å². The molecule has 3 N–H and O–H groups in total. The van der Waals surface area contributed by atoms with Crippen LogP contribution in [0, 0.1) is 12.3 Å². The smallest absolute Gasteiger partial charge is 0.149 e. The van der Waals surface area contributed by atoms with Crippen molar-refractivity contribution in [3.8, 4) is 11.5 Å². The van der Waals surface area contributed by atoms with E-state index in [1.165, 1.54) is 0 Å². The van der Waals surface area contributed by atoms with Crippen LogP contribution in [0.5, 0.6) is 11.5 Å². The third kappa shape index (κ3) is 3.54. The average molecular weight is 376 g/mol. The van der Waals surface area contributed by atoms with Crippen molar-refractivity contribution in [2.24, 2.45) is 5.73 Å². The molecule has 0 spiro atoms. The van der Waals surface area contributed by atoms with Crippen molar-refractivity contribution in [2.75, 3.05) is 13.2 Å². The van der Waals surface area contributed by atoms with Crippen LogP contribution in [0.1, 0.15) is 29.2 Å². The number of nitrogens with zero attached hydrogens (tertiary/aromatic N) is 1. The Bertz CT molecular complexity index is 697. The summed E-state index contributed by atoms with van der Waals surface area (Å²) in [6.07, 6.45) is 2.57. The van der Waals surface area contributed by atoms with E-state index in [1.807, 2.05) is 19.1 Å². The third-order valence-corrected chi connectivity index (χ3v) is 4.28. The average Bonchev–Trinajstić information content (AvgIpc) is 2.51. The Labute approximate surface area is 143 Å². The third-order valence-electron chi connectivity index (χ3n) is 3.79. The topological polar surface area (TPSA) is 81.2 Å². The quantitative estimate of drug-likeness (QED) is 0.473. The molecule has 120 valence electrons. The maximum atomic E-state index is 7.23. The second kappa shape index (κ2) is 6.68. The molecule has 23 heavy (non-hydrogen) atoms. The first kappa shape index (κ1) is 16.0. The molecule has 0 unspecified atom stereocenters. The molecule has 0 radical (unpaired) electrons. The summed E-state index contributed by atoms with van der Waals surface area (Å²) in [7, 11) is 0. The molecular weight excluding hydrogens is 358 g/mol. The van der Waals surface area contributed by atoms with E-state index in [2.05, 4.69) is 33.0 Å². The number of nitrogens with two attached hydrogens (primary N) is 1. The van der Waals surface area contributed by atoms with E-state index >= 15 is 0 Å². The SMILES string of the molecule is Cc1cc2c(cn1)Oc1ccc(Br)cc1[C@H]2CCOCC(=N)N. The molecule has 1 aliphatic heterocycles. The second-order valence-electron chi connectivity index (χ2n) is 5.57. The maximum Gasteiger partial charge on any atom is 0.149 e. The molecule has 1 aromatic carbocycles. The number of ether oxygens (including phenoxy) is 2. The van der Waals surface area contributed by atoms with Gasteiger partial charge in [0.25, 0.3) is 0 Å². The summed E-state index contributed by atoms with van der Waals surface area (Å²) in [4.78, 5) is 4.33. The summed E-state index contributed by atoms with van der Waals surface area (Å²) in [5, 5.41) is 7.23. The van der Waals surface area contributed by atoms with E-state index in [0.29, 0.717) is 6.61 Å². The monoisotopic (exact) mass is 375 g/mol. The predicted octanol–water partition coefficient (Wildman–Crippen LogP) is 3.73. The number of rotatable bonds is 5. The van der Waals surface area contributed by atoms with Crippen molar-refractivity contribution in [3.63, 3.8) is 0 Å². The fourth-order valence-electron chi connectivity index (χ4n) is 2.79. The zero-order valence-electron chi connectivity index (χ0n) is 12.8. The van der Waals surface area contributed by atoms with Gasteiger partial charge in [-0.15, -0.1) is 0 Å². The van der Waals surface area contributed by atoms with Crippen LogP contribution >= 0.6 is 15.9 Å². The number of amidine groups is 1. The molecule has 0 saturated carbocycles. The lowest BCUT2D eigenvalue weighted by atomic mass is 9.86. The van der Waals surface area contributed by atoms with Gasteiger partial charge in [0.2, 0.25) is 0 Å². The first-order chi connectivity index (χ1) is 11.0. The molecule has 0 saturated heterocycles. The van der Waals surface area contributed by atoms with Gasteiger partial charge in [0, 0.05) is 33.8 Å². The molecule has 0 amide bonds. The number of halogens is 1. The lowest BCUT2D eigenvalue weighted by Gasteiger charge is -2.28. The standard InChI is InChI=1S/C17H18BrN3O2/c1-10-6-13-12(4-5-22-9-17(19)20)14-7-11(18)2-3-15(14)23-16(13)8-21-10/h2-3,6-8,12H,4-5,9H2,1H3,(H3,19,20)/t12-/m0/s1. The van der Waals surface area contributed by atoms with Crippen LogP contribution in [-0.2, 0) is 4.74 Å². The van der Waals surface area contributed by atoms with Crippen LogP contribution in [0.4, 0.5) is 0 Å². The van der Waals surface area contributed by atoms with Gasteiger partial charge in [0.15, 0.2) is 0 Å². The van der Waals surface area contributed by atoms with Gasteiger partial charge in [-0.3, -0.25) is 10.4 Å². The Balaban J connectivity index is 1.91. The lowest BCUT2D eigenvalue weighted by Crippen LogP contribution is -2.19. The fourth-order valence-corrected chi connectivity index (χ4v) is 3.17. The van der Waals surface area contributed by atoms with Gasteiger partial charge < -0.3 is 15.2 Å². The van der Waals surface area contributed by atoms with E-state index in [9.17, 15) is 0 Å². The number of nitrogens with one attached hydrogen (secondary N) is 1. The molecule has 2 heterocycles. The van der Waals surface area contributed by atoms with E-state index < -0.39 is 0 Å². The van der Waals surface area contributed by atoms with Crippen LogP contribution in [-0.4, -0.2) is 24.0 Å². The highest BCUT2D eigenvalue weighted by Crippen LogP contribution is 2.46. The Morgan fingerprint density at radius 2 is 2.13 bits per heavy atom. The zero-order chi connectivity index (χ0) is 16.4.